The molecule has 0 bridgehead atoms. The van der Waals surface area contributed by atoms with E-state index in [1.54, 1.807) is 0 Å². The molecular weight excluding hydrogens is 228 g/mol. The number of sulfone groups is 1. The first-order valence-corrected chi connectivity index (χ1v) is 7.37. The third-order valence-electron chi connectivity index (χ3n) is 2.43. The minimum Gasteiger partial charge on any atom is -0.352 e. The highest BCUT2D eigenvalue weighted by Crippen LogP contribution is 2.11. The third kappa shape index (κ3) is 4.36. The van der Waals surface area contributed by atoms with Gasteiger partial charge >= 0.3 is 0 Å². The van der Waals surface area contributed by atoms with Crippen molar-refractivity contribution in [3.8, 4) is 0 Å². The Labute approximate surface area is 96.6 Å². The smallest absolute Gasteiger partial charge is 0.205 e. The first-order chi connectivity index (χ1) is 7.57. The molecule has 0 aromatic heterocycles. The monoisotopic (exact) mass is 248 g/mol. The number of rotatable bonds is 3. The Bertz CT molecular complexity index is 339. The van der Waals surface area contributed by atoms with Gasteiger partial charge in [-0.2, -0.15) is 0 Å². The third-order valence-corrected chi connectivity index (χ3v) is 4.26. The lowest BCUT2D eigenvalue weighted by Gasteiger charge is -2.24. The van der Waals surface area contributed by atoms with Crippen LogP contribution in [-0.4, -0.2) is 38.5 Å². The molecule has 0 amide bonds. The Morgan fingerprint density at radius 1 is 1.56 bits per heavy atom. The van der Waals surface area contributed by atoms with E-state index in [1.807, 2.05) is 6.92 Å². The summed E-state index contributed by atoms with van der Waals surface area (Å²) >= 11 is 0. The average molecular weight is 248 g/mol. The van der Waals surface area contributed by atoms with Crippen LogP contribution in [0.25, 0.3) is 0 Å². The van der Waals surface area contributed by atoms with Gasteiger partial charge in [-0.15, -0.1) is 0 Å². The number of hydrogen-bond donors (Lipinski definition) is 3. The molecule has 1 unspecified atom stereocenters. The zero-order chi connectivity index (χ0) is 12.0. The molecule has 0 aromatic rings. The molecular formula is C9H20N4O2S. The summed E-state index contributed by atoms with van der Waals surface area (Å²) in [6.07, 6.45) is 2.47. The largest absolute Gasteiger partial charge is 0.352 e. The van der Waals surface area contributed by atoms with Crippen molar-refractivity contribution in [3.05, 3.63) is 0 Å². The summed E-state index contributed by atoms with van der Waals surface area (Å²) in [5, 5.41) is 3.03. The molecule has 0 saturated carbocycles. The van der Waals surface area contributed by atoms with Gasteiger partial charge in [-0.3, -0.25) is 10.4 Å². The van der Waals surface area contributed by atoms with Crippen LogP contribution >= 0.6 is 0 Å². The minimum atomic E-state index is -2.89. The maximum atomic E-state index is 11.4. The number of aliphatic imine (C=N–C) groups is 1. The maximum Gasteiger partial charge on any atom is 0.205 e. The van der Waals surface area contributed by atoms with Crippen LogP contribution in [0, 0.1) is 0 Å². The molecule has 0 aromatic carbocycles. The van der Waals surface area contributed by atoms with Crippen molar-refractivity contribution in [2.75, 3.05) is 18.1 Å². The zero-order valence-electron chi connectivity index (χ0n) is 9.57. The van der Waals surface area contributed by atoms with E-state index in [2.05, 4.69) is 15.7 Å². The van der Waals surface area contributed by atoms with Crippen molar-refractivity contribution in [2.45, 2.75) is 32.2 Å². The molecule has 1 aliphatic rings. The maximum absolute atomic E-state index is 11.4. The summed E-state index contributed by atoms with van der Waals surface area (Å²) in [6, 6.07) is -0.0783. The second-order valence-electron chi connectivity index (χ2n) is 3.97. The van der Waals surface area contributed by atoms with E-state index >= 15 is 0 Å². The molecule has 1 atom stereocenters. The van der Waals surface area contributed by atoms with Crippen LogP contribution in [0.1, 0.15) is 26.2 Å². The van der Waals surface area contributed by atoms with Gasteiger partial charge in [-0.05, 0) is 19.3 Å². The van der Waals surface area contributed by atoms with E-state index < -0.39 is 9.84 Å². The summed E-state index contributed by atoms with van der Waals surface area (Å²) in [5.41, 5.74) is 2.46. The Balaban J connectivity index is 2.52. The number of guanidine groups is 1. The first-order valence-electron chi connectivity index (χ1n) is 5.55. The summed E-state index contributed by atoms with van der Waals surface area (Å²) in [4.78, 5) is 4.18. The molecule has 1 aliphatic heterocycles. The van der Waals surface area contributed by atoms with Gasteiger partial charge in [-0.1, -0.05) is 6.92 Å². The molecule has 1 heterocycles. The van der Waals surface area contributed by atoms with Crippen LogP contribution in [0.4, 0.5) is 0 Å². The van der Waals surface area contributed by atoms with Crippen molar-refractivity contribution < 1.29 is 8.42 Å². The molecule has 16 heavy (non-hydrogen) atoms. The molecule has 1 saturated heterocycles. The van der Waals surface area contributed by atoms with E-state index in [0.717, 1.165) is 12.8 Å². The summed E-state index contributed by atoms with van der Waals surface area (Å²) in [7, 11) is -2.89. The second-order valence-corrected chi connectivity index (χ2v) is 6.20. The van der Waals surface area contributed by atoms with Crippen molar-refractivity contribution in [3.63, 3.8) is 0 Å². The predicted molar refractivity (Wildman–Crippen MR) is 64.7 cm³/mol. The van der Waals surface area contributed by atoms with Crippen LogP contribution in [0.3, 0.4) is 0 Å². The molecule has 1 rings (SSSR count). The molecule has 94 valence electrons. The first kappa shape index (κ1) is 13.2. The Morgan fingerprint density at radius 3 is 2.88 bits per heavy atom. The highest BCUT2D eigenvalue weighted by molar-refractivity contribution is 7.91. The van der Waals surface area contributed by atoms with Crippen LogP contribution in [0.15, 0.2) is 4.99 Å². The molecule has 4 N–H and O–H groups in total. The highest BCUT2D eigenvalue weighted by atomic mass is 32.2. The number of nitrogens with two attached hydrogens (primary N) is 1. The van der Waals surface area contributed by atoms with Crippen LogP contribution in [-0.2, 0) is 9.84 Å². The van der Waals surface area contributed by atoms with Gasteiger partial charge in [0.15, 0.2) is 9.84 Å². The molecule has 6 nitrogen and oxygen atoms in total. The van der Waals surface area contributed by atoms with Crippen molar-refractivity contribution in [2.24, 2.45) is 10.8 Å². The van der Waals surface area contributed by atoms with E-state index in [0.29, 0.717) is 24.7 Å². The number of nitrogens with one attached hydrogen (secondary N) is 2. The lowest BCUT2D eigenvalue weighted by Crippen LogP contribution is -2.50. The number of hydrazine groups is 1. The van der Waals surface area contributed by atoms with Crippen molar-refractivity contribution in [1.29, 1.82) is 0 Å². The predicted octanol–water partition coefficient (Wildman–Crippen LogP) is -0.617. The fraction of sp³-hybridized carbons (Fsp3) is 0.889. The molecule has 0 spiro atoms. The molecule has 7 heteroatoms. The summed E-state index contributed by atoms with van der Waals surface area (Å²) in [6.45, 7) is 2.69. The SMILES string of the molecule is CCCN=C(NN)NC1CCCS(=O)(=O)C1. The summed E-state index contributed by atoms with van der Waals surface area (Å²) in [5.74, 6) is 6.24. The summed E-state index contributed by atoms with van der Waals surface area (Å²) < 4.78 is 22.8. The van der Waals surface area contributed by atoms with Gasteiger partial charge in [0.1, 0.15) is 0 Å². The van der Waals surface area contributed by atoms with Gasteiger partial charge in [0.2, 0.25) is 5.96 Å². The highest BCUT2D eigenvalue weighted by Gasteiger charge is 2.25. The Hall–Kier alpha value is -0.820. The van der Waals surface area contributed by atoms with Crippen LogP contribution in [0.5, 0.6) is 0 Å². The van der Waals surface area contributed by atoms with E-state index in [9.17, 15) is 8.42 Å². The van der Waals surface area contributed by atoms with Gasteiger partial charge in [-0.25, -0.2) is 14.3 Å². The van der Waals surface area contributed by atoms with Gasteiger partial charge in [0, 0.05) is 12.6 Å². The molecule has 1 fully saturated rings. The average Bonchev–Trinajstić information content (AvgIpc) is 2.22. The Morgan fingerprint density at radius 2 is 2.31 bits per heavy atom. The second kappa shape index (κ2) is 6.05. The van der Waals surface area contributed by atoms with E-state index in [1.165, 1.54) is 0 Å². The molecule has 0 radical (unpaired) electrons. The van der Waals surface area contributed by atoms with Gasteiger partial charge < -0.3 is 5.32 Å². The normalized spacial score (nSPS) is 25.1. The van der Waals surface area contributed by atoms with Crippen LogP contribution < -0.4 is 16.6 Å². The van der Waals surface area contributed by atoms with Crippen molar-refractivity contribution in [1.82, 2.24) is 10.7 Å². The van der Waals surface area contributed by atoms with E-state index in [4.69, 9.17) is 5.84 Å². The fourth-order valence-electron chi connectivity index (χ4n) is 1.69. The number of nitrogens with zero attached hydrogens (tertiary/aromatic N) is 1. The van der Waals surface area contributed by atoms with Crippen molar-refractivity contribution >= 4 is 15.8 Å². The number of hydrogen-bond acceptors (Lipinski definition) is 4. The van der Waals surface area contributed by atoms with E-state index in [-0.39, 0.29) is 11.8 Å². The Kier molecular flexibility index (Phi) is 5.01. The lowest BCUT2D eigenvalue weighted by atomic mass is 10.2. The topological polar surface area (TPSA) is 96.6 Å². The van der Waals surface area contributed by atoms with Crippen LogP contribution in [0.2, 0.25) is 0 Å². The van der Waals surface area contributed by atoms with Gasteiger partial charge in [0.25, 0.3) is 0 Å². The standard InChI is InChI=1S/C9H20N4O2S/c1-2-5-11-9(13-10)12-8-4-3-6-16(14,15)7-8/h8H,2-7,10H2,1H3,(H2,11,12,13). The quantitative estimate of drug-likeness (QED) is 0.268. The molecule has 0 aliphatic carbocycles. The zero-order valence-corrected chi connectivity index (χ0v) is 10.4. The lowest BCUT2D eigenvalue weighted by molar-refractivity contribution is 0.527. The fourth-order valence-corrected chi connectivity index (χ4v) is 3.32. The van der Waals surface area contributed by atoms with Gasteiger partial charge in [0.05, 0.1) is 11.5 Å². The minimum absolute atomic E-state index is 0.0783.